The number of nitrogens with one attached hydrogen (secondary N) is 2. The fraction of sp³-hybridized carbons (Fsp3) is 0.429. The van der Waals surface area contributed by atoms with E-state index in [0.717, 1.165) is 11.4 Å². The molecule has 1 atom stereocenters. The Labute approximate surface area is 147 Å². The van der Waals surface area contributed by atoms with Gasteiger partial charge in [-0.05, 0) is 61.9 Å². The molecule has 0 radical (unpaired) electrons. The molecule has 0 heterocycles. The van der Waals surface area contributed by atoms with Crippen molar-refractivity contribution >= 4 is 22.7 Å². The lowest BCUT2D eigenvalue weighted by Gasteiger charge is -2.16. The molecule has 3 nitrogen and oxygen atoms in total. The maximum absolute atomic E-state index is 3.58. The number of benzene rings is 2. The summed E-state index contributed by atoms with van der Waals surface area (Å²) in [7, 11) is 4.11. The average Bonchev–Trinajstić information content (AvgIpc) is 2.57. The predicted molar refractivity (Wildman–Crippen MR) is 108 cm³/mol. The zero-order valence-electron chi connectivity index (χ0n) is 15.5. The van der Waals surface area contributed by atoms with E-state index < -0.39 is 0 Å². The Hall–Kier alpha value is -2.16. The second-order valence-electron chi connectivity index (χ2n) is 6.68. The van der Waals surface area contributed by atoms with Crippen molar-refractivity contribution in [2.45, 2.75) is 45.6 Å². The summed E-state index contributed by atoms with van der Waals surface area (Å²) in [6.07, 6.45) is 5.13. The summed E-state index contributed by atoms with van der Waals surface area (Å²) in [4.78, 5) is 2.10. The lowest BCUT2D eigenvalue weighted by Crippen LogP contribution is -2.14. The SMILES string of the molecule is CCCCCC(C)Nc1ccc(Nc2ccc(N(C)C)cc2)cc1. The van der Waals surface area contributed by atoms with Crippen molar-refractivity contribution in [2.24, 2.45) is 0 Å². The van der Waals surface area contributed by atoms with Gasteiger partial charge in [-0.15, -0.1) is 0 Å². The Balaban J connectivity index is 1.87. The fourth-order valence-electron chi connectivity index (χ4n) is 2.72. The van der Waals surface area contributed by atoms with Crippen molar-refractivity contribution in [1.82, 2.24) is 0 Å². The van der Waals surface area contributed by atoms with Crippen molar-refractivity contribution in [3.8, 4) is 0 Å². The minimum absolute atomic E-state index is 0.522. The van der Waals surface area contributed by atoms with E-state index in [1.165, 1.54) is 37.1 Å². The molecular weight excluding hydrogens is 294 g/mol. The Kier molecular flexibility index (Phi) is 6.98. The van der Waals surface area contributed by atoms with Crippen molar-refractivity contribution in [3.05, 3.63) is 48.5 Å². The summed E-state index contributed by atoms with van der Waals surface area (Å²) >= 11 is 0. The van der Waals surface area contributed by atoms with Gasteiger partial charge < -0.3 is 15.5 Å². The largest absolute Gasteiger partial charge is 0.383 e. The van der Waals surface area contributed by atoms with E-state index in [2.05, 4.69) is 92.0 Å². The molecule has 2 N–H and O–H groups in total. The summed E-state index contributed by atoms with van der Waals surface area (Å²) in [5.41, 5.74) is 4.61. The number of unbranched alkanes of at least 4 members (excludes halogenated alkanes) is 2. The van der Waals surface area contributed by atoms with Gasteiger partial charge in [0.15, 0.2) is 0 Å². The van der Waals surface area contributed by atoms with Crippen LogP contribution in [-0.2, 0) is 0 Å². The maximum Gasteiger partial charge on any atom is 0.0385 e. The normalized spacial score (nSPS) is 11.8. The van der Waals surface area contributed by atoms with Crippen LogP contribution < -0.4 is 15.5 Å². The Bertz CT molecular complexity index is 587. The van der Waals surface area contributed by atoms with Crippen LogP contribution in [0.4, 0.5) is 22.7 Å². The van der Waals surface area contributed by atoms with Crippen LogP contribution in [0.2, 0.25) is 0 Å². The second-order valence-corrected chi connectivity index (χ2v) is 6.68. The Morgan fingerprint density at radius 2 is 1.38 bits per heavy atom. The van der Waals surface area contributed by atoms with Crippen LogP contribution in [-0.4, -0.2) is 20.1 Å². The van der Waals surface area contributed by atoms with Gasteiger partial charge in [-0.2, -0.15) is 0 Å². The summed E-state index contributed by atoms with van der Waals surface area (Å²) < 4.78 is 0. The van der Waals surface area contributed by atoms with Crippen molar-refractivity contribution in [2.75, 3.05) is 29.6 Å². The summed E-state index contributed by atoms with van der Waals surface area (Å²) in [6, 6.07) is 17.5. The second kappa shape index (κ2) is 9.21. The molecule has 2 aromatic rings. The Morgan fingerprint density at radius 1 is 0.833 bits per heavy atom. The highest BCUT2D eigenvalue weighted by atomic mass is 15.1. The van der Waals surface area contributed by atoms with Gasteiger partial charge in [-0.25, -0.2) is 0 Å². The lowest BCUT2D eigenvalue weighted by molar-refractivity contribution is 0.615. The van der Waals surface area contributed by atoms with Gasteiger partial charge in [0, 0.05) is 42.9 Å². The standard InChI is InChI=1S/C21H31N3/c1-5-6-7-8-17(2)22-18-9-11-19(12-10-18)23-20-13-15-21(16-14-20)24(3)4/h9-17,22-23H,5-8H2,1-4H3. The average molecular weight is 326 g/mol. The van der Waals surface area contributed by atoms with Crippen LogP contribution in [0.3, 0.4) is 0 Å². The van der Waals surface area contributed by atoms with E-state index in [9.17, 15) is 0 Å². The first-order chi connectivity index (χ1) is 11.6. The first kappa shape index (κ1) is 18.2. The molecule has 3 heteroatoms. The molecule has 0 fully saturated rings. The molecule has 130 valence electrons. The quantitative estimate of drug-likeness (QED) is 0.564. The van der Waals surface area contributed by atoms with Crippen molar-refractivity contribution in [1.29, 1.82) is 0 Å². The van der Waals surface area contributed by atoms with E-state index >= 15 is 0 Å². The summed E-state index contributed by atoms with van der Waals surface area (Å²) in [5.74, 6) is 0. The van der Waals surface area contributed by atoms with E-state index in [4.69, 9.17) is 0 Å². The summed E-state index contributed by atoms with van der Waals surface area (Å²) in [6.45, 7) is 4.51. The van der Waals surface area contributed by atoms with Gasteiger partial charge in [-0.1, -0.05) is 26.2 Å². The van der Waals surface area contributed by atoms with Crippen LogP contribution in [0, 0.1) is 0 Å². The van der Waals surface area contributed by atoms with Gasteiger partial charge in [0.25, 0.3) is 0 Å². The fourth-order valence-corrected chi connectivity index (χ4v) is 2.72. The first-order valence-electron chi connectivity index (χ1n) is 8.99. The molecule has 0 spiro atoms. The van der Waals surface area contributed by atoms with E-state index in [1.54, 1.807) is 0 Å². The number of hydrogen-bond acceptors (Lipinski definition) is 3. The van der Waals surface area contributed by atoms with Crippen LogP contribution in [0.5, 0.6) is 0 Å². The first-order valence-corrected chi connectivity index (χ1v) is 8.99. The van der Waals surface area contributed by atoms with Gasteiger partial charge in [-0.3, -0.25) is 0 Å². The number of anilines is 4. The molecule has 0 aliphatic rings. The van der Waals surface area contributed by atoms with Crippen LogP contribution in [0.25, 0.3) is 0 Å². The summed E-state index contributed by atoms with van der Waals surface area (Å²) in [5, 5.41) is 7.02. The van der Waals surface area contributed by atoms with E-state index in [0.29, 0.717) is 6.04 Å². The highest BCUT2D eigenvalue weighted by molar-refractivity contribution is 5.64. The van der Waals surface area contributed by atoms with Gasteiger partial charge in [0.05, 0.1) is 0 Å². The minimum atomic E-state index is 0.522. The molecule has 0 aliphatic heterocycles. The molecular formula is C21H31N3. The predicted octanol–water partition coefficient (Wildman–Crippen LogP) is 5.88. The third-order valence-electron chi connectivity index (χ3n) is 4.21. The number of hydrogen-bond donors (Lipinski definition) is 2. The molecule has 2 aromatic carbocycles. The van der Waals surface area contributed by atoms with Gasteiger partial charge in [0.1, 0.15) is 0 Å². The van der Waals surface area contributed by atoms with Crippen molar-refractivity contribution in [3.63, 3.8) is 0 Å². The monoisotopic (exact) mass is 325 g/mol. The third-order valence-corrected chi connectivity index (χ3v) is 4.21. The van der Waals surface area contributed by atoms with Gasteiger partial charge >= 0.3 is 0 Å². The molecule has 1 unspecified atom stereocenters. The highest BCUT2D eigenvalue weighted by Crippen LogP contribution is 2.22. The molecule has 0 bridgehead atoms. The van der Waals surface area contributed by atoms with Crippen molar-refractivity contribution < 1.29 is 0 Å². The third kappa shape index (κ3) is 5.80. The lowest BCUT2D eigenvalue weighted by atomic mass is 10.1. The maximum atomic E-state index is 3.58. The van der Waals surface area contributed by atoms with E-state index in [1.807, 2.05) is 0 Å². The Morgan fingerprint density at radius 3 is 1.92 bits per heavy atom. The topological polar surface area (TPSA) is 27.3 Å². The van der Waals surface area contributed by atoms with Crippen LogP contribution >= 0.6 is 0 Å². The minimum Gasteiger partial charge on any atom is -0.383 e. The zero-order chi connectivity index (χ0) is 17.4. The molecule has 0 aliphatic carbocycles. The molecule has 0 saturated heterocycles. The number of nitrogens with zero attached hydrogens (tertiary/aromatic N) is 1. The molecule has 2 rings (SSSR count). The van der Waals surface area contributed by atoms with E-state index in [-0.39, 0.29) is 0 Å². The molecule has 0 aromatic heterocycles. The highest BCUT2D eigenvalue weighted by Gasteiger charge is 2.02. The van der Waals surface area contributed by atoms with Gasteiger partial charge in [0.2, 0.25) is 0 Å². The van der Waals surface area contributed by atoms with Crippen LogP contribution in [0.1, 0.15) is 39.5 Å². The molecule has 24 heavy (non-hydrogen) atoms. The molecule has 0 amide bonds. The van der Waals surface area contributed by atoms with Crippen LogP contribution in [0.15, 0.2) is 48.5 Å². The number of rotatable bonds is 9. The zero-order valence-corrected chi connectivity index (χ0v) is 15.5. The smallest absolute Gasteiger partial charge is 0.0385 e. The molecule has 0 saturated carbocycles.